The molecule has 0 aliphatic carbocycles. The fourth-order valence-corrected chi connectivity index (χ4v) is 1.03. The molecule has 1 atom stereocenters. The zero-order valence-electron chi connectivity index (χ0n) is 11.6. The van der Waals surface area contributed by atoms with Gasteiger partial charge in [0.15, 0.2) is 0 Å². The monoisotopic (exact) mass is 298 g/mol. The van der Waals surface area contributed by atoms with Gasteiger partial charge in [-0.3, -0.25) is 14.4 Å². The number of ether oxygens (including phenoxy) is 1. The number of carbonyl (C=O) groups excluding carboxylic acids is 3. The average Bonchev–Trinajstić information content (AvgIpc) is 2.21. The summed E-state index contributed by atoms with van der Waals surface area (Å²) < 4.78 is 40.7. The van der Waals surface area contributed by atoms with Gasteiger partial charge in [0.2, 0.25) is 5.91 Å². The predicted molar refractivity (Wildman–Crippen MR) is 62.5 cm³/mol. The van der Waals surface area contributed by atoms with Gasteiger partial charge in [0, 0.05) is 0 Å². The van der Waals surface area contributed by atoms with Crippen LogP contribution in [0.15, 0.2) is 0 Å². The van der Waals surface area contributed by atoms with Crippen LogP contribution >= 0.6 is 0 Å². The van der Waals surface area contributed by atoms with Crippen molar-refractivity contribution in [3.63, 3.8) is 0 Å². The number of hydrogen-bond acceptors (Lipinski definition) is 4. The van der Waals surface area contributed by atoms with E-state index in [1.807, 2.05) is 0 Å². The molecule has 0 saturated carbocycles. The Bertz CT molecular complexity index is 388. The van der Waals surface area contributed by atoms with Crippen LogP contribution in [0.3, 0.4) is 0 Å². The van der Waals surface area contributed by atoms with E-state index in [4.69, 9.17) is 4.74 Å². The third kappa shape index (κ3) is 7.59. The molecule has 0 aromatic heterocycles. The number of esters is 1. The molecule has 0 aromatic rings. The Morgan fingerprint density at radius 3 is 2.05 bits per heavy atom. The quantitative estimate of drug-likeness (QED) is 0.741. The van der Waals surface area contributed by atoms with E-state index in [1.54, 1.807) is 20.8 Å². The van der Waals surface area contributed by atoms with Crippen molar-refractivity contribution in [2.45, 2.75) is 45.5 Å². The van der Waals surface area contributed by atoms with Crippen molar-refractivity contribution in [3.8, 4) is 0 Å². The summed E-state index contributed by atoms with van der Waals surface area (Å²) in [5.74, 6) is -3.88. The van der Waals surface area contributed by atoms with Crippen molar-refractivity contribution < 1.29 is 32.3 Å². The first-order valence-electron chi connectivity index (χ1n) is 5.70. The number of alkyl halides is 3. The van der Waals surface area contributed by atoms with Crippen molar-refractivity contribution in [1.29, 1.82) is 0 Å². The van der Waals surface area contributed by atoms with Crippen molar-refractivity contribution in [2.75, 3.05) is 6.54 Å². The minimum Gasteiger partial charge on any atom is -0.459 e. The van der Waals surface area contributed by atoms with Crippen LogP contribution in [0.5, 0.6) is 0 Å². The predicted octanol–water partition coefficient (Wildman–Crippen LogP) is 0.511. The summed E-state index contributed by atoms with van der Waals surface area (Å²) in [6.07, 6.45) is -5.07. The van der Waals surface area contributed by atoms with Gasteiger partial charge in [-0.1, -0.05) is 0 Å². The highest BCUT2D eigenvalue weighted by molar-refractivity contribution is 5.90. The van der Waals surface area contributed by atoms with Crippen molar-refractivity contribution >= 4 is 17.8 Å². The van der Waals surface area contributed by atoms with Gasteiger partial charge >= 0.3 is 18.1 Å². The molecule has 0 aromatic carbocycles. The first kappa shape index (κ1) is 18.2. The van der Waals surface area contributed by atoms with Crippen LogP contribution in [0, 0.1) is 0 Å². The van der Waals surface area contributed by atoms with Gasteiger partial charge in [0.25, 0.3) is 0 Å². The first-order valence-corrected chi connectivity index (χ1v) is 5.70. The second-order valence-corrected chi connectivity index (χ2v) is 5.00. The van der Waals surface area contributed by atoms with Gasteiger partial charge in [0.05, 0.1) is 0 Å². The SMILES string of the molecule is C[C@H](NC(=O)C(F)(F)F)C(=O)NCC(=O)OC(C)(C)C. The summed E-state index contributed by atoms with van der Waals surface area (Å²) >= 11 is 0. The van der Waals surface area contributed by atoms with Crippen molar-refractivity contribution in [1.82, 2.24) is 10.6 Å². The van der Waals surface area contributed by atoms with E-state index in [2.05, 4.69) is 5.32 Å². The molecule has 0 radical (unpaired) electrons. The van der Waals surface area contributed by atoms with Crippen molar-refractivity contribution in [2.24, 2.45) is 0 Å². The minimum atomic E-state index is -5.07. The molecule has 20 heavy (non-hydrogen) atoms. The molecule has 0 unspecified atom stereocenters. The van der Waals surface area contributed by atoms with E-state index in [1.165, 1.54) is 5.32 Å². The molecule has 0 fully saturated rings. The maximum absolute atomic E-state index is 12.0. The van der Waals surface area contributed by atoms with Crippen LogP contribution in [0.4, 0.5) is 13.2 Å². The Morgan fingerprint density at radius 1 is 1.15 bits per heavy atom. The molecule has 0 rings (SSSR count). The number of rotatable bonds is 4. The Balaban J connectivity index is 4.22. The third-order valence-electron chi connectivity index (χ3n) is 1.83. The van der Waals surface area contributed by atoms with E-state index in [-0.39, 0.29) is 0 Å². The molecule has 0 bridgehead atoms. The molecule has 9 heteroatoms. The Kier molecular flexibility index (Phi) is 5.98. The highest BCUT2D eigenvalue weighted by Gasteiger charge is 2.40. The molecular formula is C11H17F3N2O4. The zero-order chi connectivity index (χ0) is 16.1. The van der Waals surface area contributed by atoms with Gasteiger partial charge in [-0.05, 0) is 27.7 Å². The van der Waals surface area contributed by atoms with E-state index < -0.39 is 42.1 Å². The van der Waals surface area contributed by atoms with E-state index in [9.17, 15) is 27.6 Å². The molecule has 6 nitrogen and oxygen atoms in total. The van der Waals surface area contributed by atoms with Gasteiger partial charge in [-0.2, -0.15) is 13.2 Å². The molecule has 0 saturated heterocycles. The fourth-order valence-electron chi connectivity index (χ4n) is 1.03. The van der Waals surface area contributed by atoms with Crippen LogP contribution in [0.1, 0.15) is 27.7 Å². The molecule has 0 aliphatic rings. The number of hydrogen-bond donors (Lipinski definition) is 2. The molecule has 0 heterocycles. The number of nitrogens with one attached hydrogen (secondary N) is 2. The Morgan fingerprint density at radius 2 is 1.65 bits per heavy atom. The van der Waals surface area contributed by atoms with E-state index in [0.717, 1.165) is 6.92 Å². The topological polar surface area (TPSA) is 84.5 Å². The fraction of sp³-hybridized carbons (Fsp3) is 0.727. The summed E-state index contributed by atoms with van der Waals surface area (Å²) in [5, 5.41) is 3.53. The summed E-state index contributed by atoms with van der Waals surface area (Å²) in [6.45, 7) is 5.44. The summed E-state index contributed by atoms with van der Waals surface area (Å²) in [6, 6.07) is -1.42. The lowest BCUT2D eigenvalue weighted by Crippen LogP contribution is -2.50. The molecule has 116 valence electrons. The van der Waals surface area contributed by atoms with Crippen molar-refractivity contribution in [3.05, 3.63) is 0 Å². The lowest BCUT2D eigenvalue weighted by atomic mass is 10.2. The Labute approximate surface area is 114 Å². The smallest absolute Gasteiger partial charge is 0.459 e. The zero-order valence-corrected chi connectivity index (χ0v) is 11.6. The average molecular weight is 298 g/mol. The number of carbonyl (C=O) groups is 3. The maximum Gasteiger partial charge on any atom is 0.471 e. The van der Waals surface area contributed by atoms with E-state index in [0.29, 0.717) is 0 Å². The second-order valence-electron chi connectivity index (χ2n) is 5.00. The van der Waals surface area contributed by atoms with Crippen LogP contribution in [-0.2, 0) is 19.1 Å². The normalized spacial score (nSPS) is 13.3. The van der Waals surface area contributed by atoms with E-state index >= 15 is 0 Å². The number of amides is 2. The molecule has 2 N–H and O–H groups in total. The molecule has 0 spiro atoms. The number of halogens is 3. The summed E-state index contributed by atoms with van der Waals surface area (Å²) in [4.78, 5) is 33.2. The van der Waals surface area contributed by atoms with Crippen LogP contribution in [0.25, 0.3) is 0 Å². The van der Waals surface area contributed by atoms with Crippen LogP contribution in [-0.4, -0.2) is 42.1 Å². The summed E-state index contributed by atoms with van der Waals surface area (Å²) in [5.41, 5.74) is -0.738. The Hall–Kier alpha value is -1.80. The second kappa shape index (κ2) is 6.58. The largest absolute Gasteiger partial charge is 0.471 e. The highest BCUT2D eigenvalue weighted by Crippen LogP contribution is 2.14. The van der Waals surface area contributed by atoms with Gasteiger partial charge in [-0.15, -0.1) is 0 Å². The highest BCUT2D eigenvalue weighted by atomic mass is 19.4. The molecule has 2 amide bonds. The standard InChI is InChI=1S/C11H17F3N2O4/c1-6(16-9(19)11(12,13)14)8(18)15-5-7(17)20-10(2,3)4/h6H,5H2,1-4H3,(H,15,18)(H,16,19)/t6-/m0/s1. The van der Waals surface area contributed by atoms with Gasteiger partial charge < -0.3 is 15.4 Å². The third-order valence-corrected chi connectivity index (χ3v) is 1.83. The maximum atomic E-state index is 12.0. The van der Waals surface area contributed by atoms with Crippen LogP contribution < -0.4 is 10.6 Å². The summed E-state index contributed by atoms with van der Waals surface area (Å²) in [7, 11) is 0. The lowest BCUT2D eigenvalue weighted by Gasteiger charge is -2.20. The molecular weight excluding hydrogens is 281 g/mol. The van der Waals surface area contributed by atoms with Gasteiger partial charge in [-0.25, -0.2) is 0 Å². The van der Waals surface area contributed by atoms with Gasteiger partial charge in [0.1, 0.15) is 18.2 Å². The first-order chi connectivity index (χ1) is 8.83. The minimum absolute atomic E-state index is 0.498. The molecule has 0 aliphatic heterocycles. The van der Waals surface area contributed by atoms with Crippen LogP contribution in [0.2, 0.25) is 0 Å². The lowest BCUT2D eigenvalue weighted by molar-refractivity contribution is -0.174.